The molecular formula is C11H15NO. The molecule has 0 radical (unpaired) electrons. The number of hydrogen-bond acceptors (Lipinski definition) is 2. The van der Waals surface area contributed by atoms with Gasteiger partial charge in [0.25, 0.3) is 0 Å². The standard InChI is InChI=1S/C11H15NO/c1-7-3-9-5-10(12)6-13-11(9)4-8(7)2/h3-4,10H,5-6,12H2,1-2H3. The summed E-state index contributed by atoms with van der Waals surface area (Å²) in [6.07, 6.45) is 0.941. The van der Waals surface area contributed by atoms with Crippen molar-refractivity contribution in [2.75, 3.05) is 6.61 Å². The Hall–Kier alpha value is -1.02. The Balaban J connectivity index is 2.43. The molecule has 2 rings (SSSR count). The molecule has 0 saturated carbocycles. The van der Waals surface area contributed by atoms with Crippen LogP contribution in [0.5, 0.6) is 5.75 Å². The maximum Gasteiger partial charge on any atom is 0.122 e. The van der Waals surface area contributed by atoms with Crippen molar-refractivity contribution in [2.24, 2.45) is 5.73 Å². The summed E-state index contributed by atoms with van der Waals surface area (Å²) in [5.41, 5.74) is 9.67. The average molecular weight is 177 g/mol. The molecule has 0 fully saturated rings. The summed E-state index contributed by atoms with van der Waals surface area (Å²) in [4.78, 5) is 0. The molecule has 1 unspecified atom stereocenters. The van der Waals surface area contributed by atoms with Gasteiger partial charge in [-0.1, -0.05) is 6.07 Å². The number of rotatable bonds is 0. The predicted octanol–water partition coefficient (Wildman–Crippen LogP) is 1.57. The highest BCUT2D eigenvalue weighted by molar-refractivity contribution is 5.43. The summed E-state index contributed by atoms with van der Waals surface area (Å²) in [6, 6.07) is 4.45. The van der Waals surface area contributed by atoms with E-state index in [1.54, 1.807) is 0 Å². The molecule has 0 aliphatic carbocycles. The van der Waals surface area contributed by atoms with E-state index in [0.29, 0.717) is 6.61 Å². The summed E-state index contributed by atoms with van der Waals surface area (Å²) >= 11 is 0. The van der Waals surface area contributed by atoms with E-state index in [9.17, 15) is 0 Å². The number of fused-ring (bicyclic) bond motifs is 1. The predicted molar refractivity (Wildman–Crippen MR) is 53.1 cm³/mol. The van der Waals surface area contributed by atoms with E-state index in [1.165, 1.54) is 16.7 Å². The minimum absolute atomic E-state index is 0.162. The molecule has 2 nitrogen and oxygen atoms in total. The number of hydrogen-bond donors (Lipinski definition) is 1. The van der Waals surface area contributed by atoms with Crippen LogP contribution >= 0.6 is 0 Å². The third kappa shape index (κ3) is 1.54. The summed E-state index contributed by atoms with van der Waals surface area (Å²) in [5.74, 6) is 1.02. The van der Waals surface area contributed by atoms with Gasteiger partial charge in [-0.3, -0.25) is 0 Å². The molecule has 0 saturated heterocycles. The second kappa shape index (κ2) is 3.04. The van der Waals surface area contributed by atoms with Gasteiger partial charge in [0.2, 0.25) is 0 Å². The van der Waals surface area contributed by atoms with Gasteiger partial charge in [-0.2, -0.15) is 0 Å². The second-order valence-electron chi connectivity index (χ2n) is 3.82. The Morgan fingerprint density at radius 3 is 2.77 bits per heavy atom. The normalized spacial score (nSPS) is 20.7. The highest BCUT2D eigenvalue weighted by Gasteiger charge is 2.16. The van der Waals surface area contributed by atoms with Crippen molar-refractivity contribution in [3.05, 3.63) is 28.8 Å². The topological polar surface area (TPSA) is 35.2 Å². The van der Waals surface area contributed by atoms with Crippen LogP contribution in [0.2, 0.25) is 0 Å². The van der Waals surface area contributed by atoms with Gasteiger partial charge >= 0.3 is 0 Å². The van der Waals surface area contributed by atoms with E-state index in [0.717, 1.165) is 12.2 Å². The number of nitrogens with two attached hydrogens (primary N) is 1. The molecule has 1 aromatic rings. The highest BCUT2D eigenvalue weighted by atomic mass is 16.5. The molecule has 2 N–H and O–H groups in total. The van der Waals surface area contributed by atoms with Gasteiger partial charge in [-0.25, -0.2) is 0 Å². The van der Waals surface area contributed by atoms with Crippen molar-refractivity contribution >= 4 is 0 Å². The zero-order valence-corrected chi connectivity index (χ0v) is 8.13. The van der Waals surface area contributed by atoms with Crippen LogP contribution in [0, 0.1) is 13.8 Å². The highest BCUT2D eigenvalue weighted by Crippen LogP contribution is 2.27. The van der Waals surface area contributed by atoms with E-state index in [4.69, 9.17) is 10.5 Å². The van der Waals surface area contributed by atoms with E-state index in [1.807, 2.05) is 0 Å². The van der Waals surface area contributed by atoms with Crippen molar-refractivity contribution in [3.63, 3.8) is 0 Å². The average Bonchev–Trinajstić information content (AvgIpc) is 2.08. The first-order valence-corrected chi connectivity index (χ1v) is 4.65. The summed E-state index contributed by atoms with van der Waals surface area (Å²) in [5, 5.41) is 0. The number of aryl methyl sites for hydroxylation is 2. The second-order valence-corrected chi connectivity index (χ2v) is 3.82. The third-order valence-electron chi connectivity index (χ3n) is 2.61. The molecule has 1 aliphatic heterocycles. The Labute approximate surface area is 78.7 Å². The Morgan fingerprint density at radius 2 is 2.00 bits per heavy atom. The van der Waals surface area contributed by atoms with Crippen LogP contribution in [-0.2, 0) is 6.42 Å². The van der Waals surface area contributed by atoms with Crippen LogP contribution in [0.1, 0.15) is 16.7 Å². The molecule has 0 spiro atoms. The maximum atomic E-state index is 5.81. The largest absolute Gasteiger partial charge is 0.492 e. The molecule has 1 aromatic carbocycles. The lowest BCUT2D eigenvalue weighted by Crippen LogP contribution is -2.33. The van der Waals surface area contributed by atoms with Crippen LogP contribution in [0.4, 0.5) is 0 Å². The fourth-order valence-electron chi connectivity index (χ4n) is 1.68. The summed E-state index contributed by atoms with van der Waals surface area (Å²) in [6.45, 7) is 4.87. The fourth-order valence-corrected chi connectivity index (χ4v) is 1.68. The number of benzene rings is 1. The number of ether oxygens (including phenoxy) is 1. The molecule has 0 bridgehead atoms. The van der Waals surface area contributed by atoms with Crippen LogP contribution in [0.15, 0.2) is 12.1 Å². The smallest absolute Gasteiger partial charge is 0.122 e. The first-order chi connectivity index (χ1) is 6.16. The summed E-state index contributed by atoms with van der Waals surface area (Å²) < 4.78 is 5.55. The minimum Gasteiger partial charge on any atom is -0.492 e. The zero-order chi connectivity index (χ0) is 9.42. The summed E-state index contributed by atoms with van der Waals surface area (Å²) in [7, 11) is 0. The van der Waals surface area contributed by atoms with E-state index >= 15 is 0 Å². The molecule has 13 heavy (non-hydrogen) atoms. The maximum absolute atomic E-state index is 5.81. The lowest BCUT2D eigenvalue weighted by Gasteiger charge is -2.23. The van der Waals surface area contributed by atoms with Gasteiger partial charge in [0.1, 0.15) is 12.4 Å². The van der Waals surface area contributed by atoms with Crippen molar-refractivity contribution in [2.45, 2.75) is 26.3 Å². The molecular weight excluding hydrogens is 162 g/mol. The van der Waals surface area contributed by atoms with Gasteiger partial charge in [-0.05, 0) is 43.0 Å². The lowest BCUT2D eigenvalue weighted by atomic mass is 9.98. The van der Waals surface area contributed by atoms with Crippen LogP contribution in [0.25, 0.3) is 0 Å². The first kappa shape index (κ1) is 8.57. The van der Waals surface area contributed by atoms with Crippen molar-refractivity contribution in [3.8, 4) is 5.75 Å². The third-order valence-corrected chi connectivity index (χ3v) is 2.61. The van der Waals surface area contributed by atoms with Gasteiger partial charge in [0.05, 0.1) is 0 Å². The Kier molecular flexibility index (Phi) is 2.00. The van der Waals surface area contributed by atoms with E-state index in [-0.39, 0.29) is 6.04 Å². The molecule has 2 heteroatoms. The van der Waals surface area contributed by atoms with Gasteiger partial charge in [0, 0.05) is 6.04 Å². The van der Waals surface area contributed by atoms with Gasteiger partial charge < -0.3 is 10.5 Å². The lowest BCUT2D eigenvalue weighted by molar-refractivity contribution is 0.263. The molecule has 1 heterocycles. The van der Waals surface area contributed by atoms with Crippen molar-refractivity contribution in [1.82, 2.24) is 0 Å². The minimum atomic E-state index is 0.162. The Bertz CT molecular complexity index is 333. The molecule has 0 aromatic heterocycles. The monoisotopic (exact) mass is 177 g/mol. The molecule has 1 atom stereocenters. The SMILES string of the molecule is Cc1cc2c(cc1C)OCC(N)C2. The zero-order valence-electron chi connectivity index (χ0n) is 8.13. The quantitative estimate of drug-likeness (QED) is 0.652. The van der Waals surface area contributed by atoms with Crippen molar-refractivity contribution in [1.29, 1.82) is 0 Å². The molecule has 70 valence electrons. The van der Waals surface area contributed by atoms with Gasteiger partial charge in [-0.15, -0.1) is 0 Å². The van der Waals surface area contributed by atoms with E-state index < -0.39 is 0 Å². The first-order valence-electron chi connectivity index (χ1n) is 4.65. The molecule has 1 aliphatic rings. The molecule has 0 amide bonds. The van der Waals surface area contributed by atoms with Crippen LogP contribution in [-0.4, -0.2) is 12.6 Å². The van der Waals surface area contributed by atoms with Crippen LogP contribution in [0.3, 0.4) is 0 Å². The van der Waals surface area contributed by atoms with Crippen molar-refractivity contribution < 1.29 is 4.74 Å². The van der Waals surface area contributed by atoms with Gasteiger partial charge in [0.15, 0.2) is 0 Å². The fraction of sp³-hybridized carbons (Fsp3) is 0.455. The Morgan fingerprint density at radius 1 is 1.31 bits per heavy atom. The van der Waals surface area contributed by atoms with Crippen LogP contribution < -0.4 is 10.5 Å². The van der Waals surface area contributed by atoms with E-state index in [2.05, 4.69) is 26.0 Å².